The lowest BCUT2D eigenvalue weighted by molar-refractivity contribution is -0.135. The number of amides is 1. The molecule has 3 nitrogen and oxygen atoms in total. The summed E-state index contributed by atoms with van der Waals surface area (Å²) in [4.78, 5) is 23.9. The van der Waals surface area contributed by atoms with Crippen LogP contribution in [0.1, 0.15) is 67.9 Å². The number of rotatable bonds is 2. The maximum atomic E-state index is 12.1. The molecule has 2 aliphatic carbocycles. The lowest BCUT2D eigenvalue weighted by atomic mass is 9.49. The molecular formula is C19H25NO2. The van der Waals surface area contributed by atoms with Gasteiger partial charge in [0.1, 0.15) is 0 Å². The van der Waals surface area contributed by atoms with E-state index in [0.29, 0.717) is 0 Å². The summed E-state index contributed by atoms with van der Waals surface area (Å²) in [6.45, 7) is 5.91. The van der Waals surface area contributed by atoms with Gasteiger partial charge < -0.3 is 5.73 Å². The largest absolute Gasteiger partial charge is 0.369 e. The molecule has 0 spiro atoms. The van der Waals surface area contributed by atoms with Crippen molar-refractivity contribution in [2.45, 2.75) is 58.3 Å². The third-order valence-corrected chi connectivity index (χ3v) is 6.33. The molecule has 0 heterocycles. The summed E-state index contributed by atoms with van der Waals surface area (Å²) in [6.07, 6.45) is 4.92. The van der Waals surface area contributed by atoms with E-state index in [0.717, 1.165) is 37.7 Å². The molecule has 2 aliphatic rings. The molecule has 0 aliphatic heterocycles. The monoisotopic (exact) mass is 299 g/mol. The average Bonchev–Trinajstić information content (AvgIpc) is 2.46. The van der Waals surface area contributed by atoms with Crippen molar-refractivity contribution in [3.63, 3.8) is 0 Å². The molecule has 1 amide bonds. The van der Waals surface area contributed by atoms with Crippen LogP contribution in [-0.2, 0) is 16.6 Å². The van der Waals surface area contributed by atoms with Crippen LogP contribution in [0.25, 0.3) is 0 Å². The fourth-order valence-corrected chi connectivity index (χ4v) is 4.97. The topological polar surface area (TPSA) is 60.2 Å². The van der Waals surface area contributed by atoms with Crippen LogP contribution < -0.4 is 5.73 Å². The Morgan fingerprint density at radius 1 is 1.23 bits per heavy atom. The third kappa shape index (κ3) is 2.02. The Labute approximate surface area is 132 Å². The van der Waals surface area contributed by atoms with Crippen LogP contribution in [0.4, 0.5) is 0 Å². The number of primary amides is 1. The Kier molecular flexibility index (Phi) is 3.42. The first kappa shape index (κ1) is 15.3. The molecule has 118 valence electrons. The number of Topliss-reactive ketones (excluding diaryl/α,β-unsaturated/α-hetero) is 1. The van der Waals surface area contributed by atoms with Crippen LogP contribution >= 0.6 is 0 Å². The van der Waals surface area contributed by atoms with Gasteiger partial charge in [-0.1, -0.05) is 32.4 Å². The molecule has 3 rings (SSSR count). The van der Waals surface area contributed by atoms with E-state index in [9.17, 15) is 9.59 Å². The van der Waals surface area contributed by atoms with Gasteiger partial charge >= 0.3 is 0 Å². The number of fused-ring (bicyclic) bond motifs is 3. The molecular weight excluding hydrogens is 274 g/mol. The van der Waals surface area contributed by atoms with E-state index in [1.54, 1.807) is 6.92 Å². The molecule has 0 saturated heterocycles. The van der Waals surface area contributed by atoms with Crippen molar-refractivity contribution in [1.29, 1.82) is 0 Å². The van der Waals surface area contributed by atoms with E-state index in [2.05, 4.69) is 19.1 Å². The van der Waals surface area contributed by atoms with E-state index in [-0.39, 0.29) is 23.0 Å². The number of hydrogen-bond acceptors (Lipinski definition) is 2. The maximum absolute atomic E-state index is 12.1. The minimum Gasteiger partial charge on any atom is -0.369 e. The summed E-state index contributed by atoms with van der Waals surface area (Å²) in [6, 6.07) is 6.10. The van der Waals surface area contributed by atoms with E-state index in [4.69, 9.17) is 5.73 Å². The zero-order valence-electron chi connectivity index (χ0n) is 13.7. The predicted octanol–water partition coefficient (Wildman–Crippen LogP) is 3.38. The van der Waals surface area contributed by atoms with Gasteiger partial charge in [0.2, 0.25) is 5.91 Å². The minimum absolute atomic E-state index is 0.0545. The first-order chi connectivity index (χ1) is 10.3. The Morgan fingerprint density at radius 2 is 1.95 bits per heavy atom. The van der Waals surface area contributed by atoms with Gasteiger partial charge in [0.15, 0.2) is 5.78 Å². The number of benzene rings is 1. The average molecular weight is 299 g/mol. The highest BCUT2D eigenvalue weighted by Gasteiger charge is 2.54. The Bertz CT molecular complexity index is 651. The molecule has 1 saturated carbocycles. The van der Waals surface area contributed by atoms with Crippen LogP contribution in [0.5, 0.6) is 0 Å². The second-order valence-corrected chi connectivity index (χ2v) is 7.57. The van der Waals surface area contributed by atoms with Crippen LogP contribution in [0.15, 0.2) is 18.2 Å². The van der Waals surface area contributed by atoms with Crippen molar-refractivity contribution < 1.29 is 9.59 Å². The zero-order valence-corrected chi connectivity index (χ0v) is 13.7. The zero-order chi connectivity index (χ0) is 16.1. The van der Waals surface area contributed by atoms with Gasteiger partial charge in [-0.25, -0.2) is 0 Å². The lowest BCUT2D eigenvalue weighted by Gasteiger charge is -2.54. The van der Waals surface area contributed by atoms with E-state index >= 15 is 0 Å². The van der Waals surface area contributed by atoms with Gasteiger partial charge in [0.25, 0.3) is 0 Å². The Hall–Kier alpha value is -1.64. The number of hydrogen-bond donors (Lipinski definition) is 1. The summed E-state index contributed by atoms with van der Waals surface area (Å²) in [5.74, 6) is 0.192. The fraction of sp³-hybridized carbons (Fsp3) is 0.579. The number of carbonyl (C=O) groups is 2. The maximum Gasteiger partial charge on any atom is 0.223 e. The van der Waals surface area contributed by atoms with Crippen molar-refractivity contribution in [2.75, 3.05) is 0 Å². The second kappa shape index (κ2) is 4.94. The van der Waals surface area contributed by atoms with Crippen molar-refractivity contribution in [3.05, 3.63) is 34.9 Å². The lowest BCUT2D eigenvalue weighted by Crippen LogP contribution is -2.54. The van der Waals surface area contributed by atoms with Crippen LogP contribution in [0.2, 0.25) is 0 Å². The van der Waals surface area contributed by atoms with Gasteiger partial charge in [0.05, 0.1) is 0 Å². The first-order valence-corrected chi connectivity index (χ1v) is 8.23. The highest BCUT2D eigenvalue weighted by atomic mass is 16.1. The van der Waals surface area contributed by atoms with Gasteiger partial charge in [0, 0.05) is 11.0 Å². The number of nitrogens with two attached hydrogens (primary N) is 1. The second-order valence-electron chi connectivity index (χ2n) is 7.57. The smallest absolute Gasteiger partial charge is 0.223 e. The Balaban J connectivity index is 2.14. The highest BCUT2D eigenvalue weighted by Crippen LogP contribution is 2.57. The van der Waals surface area contributed by atoms with Crippen molar-refractivity contribution >= 4 is 11.7 Å². The standard InChI is InChI=1S/C19H25NO2/c1-12(21)14-6-5-13-7-8-16-18(2,15(13)11-14)9-4-10-19(16,3)17(20)22/h5-6,11,16H,4,7-10H2,1-3H3,(H2,20,22). The van der Waals surface area contributed by atoms with Gasteiger partial charge in [-0.05, 0) is 61.1 Å². The molecule has 3 heteroatoms. The quantitative estimate of drug-likeness (QED) is 0.851. The van der Waals surface area contributed by atoms with Gasteiger partial charge in [-0.15, -0.1) is 0 Å². The predicted molar refractivity (Wildman–Crippen MR) is 86.8 cm³/mol. The summed E-state index contributed by atoms with van der Waals surface area (Å²) >= 11 is 0. The van der Waals surface area contributed by atoms with E-state index in [1.165, 1.54) is 11.1 Å². The molecule has 0 aromatic heterocycles. The summed E-state index contributed by atoms with van der Waals surface area (Å²) < 4.78 is 0. The minimum atomic E-state index is -0.434. The van der Waals surface area contributed by atoms with E-state index in [1.807, 2.05) is 13.0 Å². The van der Waals surface area contributed by atoms with Gasteiger partial charge in [-0.3, -0.25) is 9.59 Å². The van der Waals surface area contributed by atoms with Gasteiger partial charge in [-0.2, -0.15) is 0 Å². The molecule has 2 N–H and O–H groups in total. The molecule has 22 heavy (non-hydrogen) atoms. The normalized spacial score (nSPS) is 33.7. The van der Waals surface area contributed by atoms with Crippen molar-refractivity contribution in [2.24, 2.45) is 17.1 Å². The number of aryl methyl sites for hydroxylation is 1. The van der Waals surface area contributed by atoms with E-state index < -0.39 is 5.41 Å². The Morgan fingerprint density at radius 3 is 2.59 bits per heavy atom. The van der Waals surface area contributed by atoms with Crippen LogP contribution in [-0.4, -0.2) is 11.7 Å². The molecule has 0 bridgehead atoms. The van der Waals surface area contributed by atoms with Crippen LogP contribution in [0, 0.1) is 11.3 Å². The summed E-state index contributed by atoms with van der Waals surface area (Å²) in [5, 5.41) is 0. The fourth-order valence-electron chi connectivity index (χ4n) is 4.97. The first-order valence-electron chi connectivity index (χ1n) is 8.23. The van der Waals surface area contributed by atoms with Crippen LogP contribution in [0.3, 0.4) is 0 Å². The summed E-state index contributed by atoms with van der Waals surface area (Å²) in [5.41, 5.74) is 8.65. The number of ketones is 1. The third-order valence-electron chi connectivity index (χ3n) is 6.33. The molecule has 1 aromatic rings. The highest BCUT2D eigenvalue weighted by molar-refractivity contribution is 5.94. The molecule has 0 radical (unpaired) electrons. The molecule has 1 aromatic carbocycles. The summed E-state index contributed by atoms with van der Waals surface area (Å²) in [7, 11) is 0. The molecule has 3 unspecified atom stereocenters. The molecule has 3 atom stereocenters. The van der Waals surface area contributed by atoms with Crippen molar-refractivity contribution in [3.8, 4) is 0 Å². The molecule has 1 fully saturated rings. The van der Waals surface area contributed by atoms with Crippen molar-refractivity contribution in [1.82, 2.24) is 0 Å². The SMILES string of the molecule is CC(=O)c1ccc2c(c1)C1(C)CCCC(C)(C(N)=O)C1CC2. The number of carbonyl (C=O) groups excluding carboxylic acids is 2.